The van der Waals surface area contributed by atoms with Crippen molar-refractivity contribution in [1.82, 2.24) is 9.38 Å². The maximum Gasteiger partial charge on any atom is 0.182 e. The average molecular weight is 672 g/mol. The van der Waals surface area contributed by atoms with Gasteiger partial charge in [-0.25, -0.2) is 4.98 Å². The number of nitrogens with zero attached hydrogens (tertiary/aromatic N) is 3. The summed E-state index contributed by atoms with van der Waals surface area (Å²) in [7, 11) is 0. The van der Waals surface area contributed by atoms with E-state index in [1.165, 1.54) is 75.1 Å². The fourth-order valence-electron chi connectivity index (χ4n) is 9.14. The van der Waals surface area contributed by atoms with Gasteiger partial charge in [-0.1, -0.05) is 86.6 Å². The Morgan fingerprint density at radius 3 is 2.24 bits per heavy atom. The summed E-state index contributed by atoms with van der Waals surface area (Å²) in [6, 6.07) is 49.4. The highest BCUT2D eigenvalue weighted by Gasteiger charge is 2.36. The largest absolute Gasteiger partial charge is 0.443 e. The number of thiophene rings is 1. The zero-order valence-corrected chi connectivity index (χ0v) is 28.8. The van der Waals surface area contributed by atoms with Crippen LogP contribution in [0, 0.1) is 0 Å². The number of aromatic nitrogens is 2. The average Bonchev–Trinajstić information content (AvgIpc) is 3.97. The molecule has 0 saturated carbocycles. The van der Waals surface area contributed by atoms with Gasteiger partial charge in [-0.2, -0.15) is 0 Å². The van der Waals surface area contributed by atoms with Crippen LogP contribution in [0.25, 0.3) is 80.5 Å². The van der Waals surface area contributed by atoms with Crippen LogP contribution in [0.15, 0.2) is 144 Å². The van der Waals surface area contributed by atoms with Crippen LogP contribution in [0.2, 0.25) is 0 Å². The molecule has 4 aromatic heterocycles. The van der Waals surface area contributed by atoms with E-state index in [4.69, 9.17) is 4.42 Å². The van der Waals surface area contributed by atoms with E-state index in [9.17, 15) is 0 Å². The third-order valence-corrected chi connectivity index (χ3v) is 12.6. The van der Waals surface area contributed by atoms with Crippen LogP contribution < -0.4 is 4.90 Å². The Balaban J connectivity index is 1.14. The minimum absolute atomic E-state index is 0.107. The van der Waals surface area contributed by atoms with Crippen molar-refractivity contribution in [3.05, 3.63) is 151 Å². The molecule has 240 valence electrons. The van der Waals surface area contributed by atoms with Crippen LogP contribution >= 0.6 is 11.3 Å². The van der Waals surface area contributed by atoms with E-state index in [1.807, 2.05) is 11.3 Å². The first-order chi connectivity index (χ1) is 25.0. The molecule has 11 aromatic rings. The van der Waals surface area contributed by atoms with Crippen LogP contribution in [0.4, 0.5) is 17.1 Å². The van der Waals surface area contributed by atoms with E-state index >= 15 is 0 Å². The summed E-state index contributed by atoms with van der Waals surface area (Å²) in [6.45, 7) is 4.71. The molecule has 5 heteroatoms. The topological polar surface area (TPSA) is 33.7 Å². The molecule has 0 unspecified atom stereocenters. The molecular weight excluding hydrogens is 643 g/mol. The molecular formula is C46H29N3OS. The quantitative estimate of drug-likeness (QED) is 0.187. The SMILES string of the molecule is CC1(C)c2ccccc2-c2ccc(N(c3ccc4c(c3)sc3ccccc34)c3ccc4c(c3)c3cc5ncoc5c5c6ccccc6n4c35)cc21. The first-order valence-corrected chi connectivity index (χ1v) is 18.3. The van der Waals surface area contributed by atoms with Crippen molar-refractivity contribution in [2.24, 2.45) is 0 Å². The maximum absolute atomic E-state index is 6.01. The molecule has 1 aliphatic rings. The predicted molar refractivity (Wildman–Crippen MR) is 214 cm³/mol. The molecule has 0 spiro atoms. The monoisotopic (exact) mass is 671 g/mol. The molecule has 4 nitrogen and oxygen atoms in total. The number of benzene rings is 7. The second-order valence-electron chi connectivity index (χ2n) is 14.4. The molecule has 0 amide bonds. The number of rotatable bonds is 3. The number of anilines is 3. The predicted octanol–water partition coefficient (Wildman–Crippen LogP) is 13.1. The summed E-state index contributed by atoms with van der Waals surface area (Å²) in [4.78, 5) is 7.08. The molecule has 0 bridgehead atoms. The van der Waals surface area contributed by atoms with Crippen molar-refractivity contribution in [3.8, 4) is 11.1 Å². The second kappa shape index (κ2) is 9.53. The third kappa shape index (κ3) is 3.51. The van der Waals surface area contributed by atoms with Gasteiger partial charge < -0.3 is 13.7 Å². The van der Waals surface area contributed by atoms with Gasteiger partial charge in [0.1, 0.15) is 5.52 Å². The second-order valence-corrected chi connectivity index (χ2v) is 15.5. The molecule has 0 saturated heterocycles. The standard InChI is InChI=1S/C46H29N3OS/c1-46(2)36-12-6-3-9-29(36)30-18-15-27(22-37(30)46)48(28-16-19-32-31-10-5-8-14-41(31)51-42(32)23-28)26-17-20-40-34(21-26)35-24-38-45(50-25-47-38)43-33-11-4-7-13-39(33)49(40)44(35)43/h3-25H,1-2H3. The van der Waals surface area contributed by atoms with E-state index in [2.05, 4.69) is 162 Å². The Kier molecular flexibility index (Phi) is 5.17. The number of fused-ring (bicyclic) bond motifs is 14. The summed E-state index contributed by atoms with van der Waals surface area (Å²) < 4.78 is 11.0. The van der Waals surface area contributed by atoms with Crippen LogP contribution in [-0.4, -0.2) is 9.38 Å². The molecule has 0 fully saturated rings. The van der Waals surface area contributed by atoms with Crippen LogP contribution in [0.1, 0.15) is 25.0 Å². The summed E-state index contributed by atoms with van der Waals surface area (Å²) in [5, 5.41) is 7.31. The number of oxazole rings is 1. The normalized spacial score (nSPS) is 13.8. The van der Waals surface area contributed by atoms with Gasteiger partial charge in [0, 0.05) is 58.8 Å². The Labute approximate surface area is 296 Å². The first kappa shape index (κ1) is 27.6. The number of hydrogen-bond donors (Lipinski definition) is 0. The van der Waals surface area contributed by atoms with Crippen LogP contribution in [0.5, 0.6) is 0 Å². The van der Waals surface area contributed by atoms with E-state index < -0.39 is 0 Å². The van der Waals surface area contributed by atoms with E-state index in [0.717, 1.165) is 33.5 Å². The lowest BCUT2D eigenvalue weighted by Gasteiger charge is -2.28. The molecule has 0 aliphatic heterocycles. The molecule has 51 heavy (non-hydrogen) atoms. The van der Waals surface area contributed by atoms with Gasteiger partial charge in [-0.05, 0) is 82.9 Å². The lowest BCUT2D eigenvalue weighted by Crippen LogP contribution is -2.16. The van der Waals surface area contributed by atoms with E-state index in [-0.39, 0.29) is 5.41 Å². The Hall–Kier alpha value is -6.17. The molecule has 1 aliphatic carbocycles. The fraction of sp³-hybridized carbons (Fsp3) is 0.0652. The highest BCUT2D eigenvalue weighted by molar-refractivity contribution is 7.25. The van der Waals surface area contributed by atoms with Gasteiger partial charge in [0.15, 0.2) is 12.0 Å². The fourth-order valence-corrected chi connectivity index (χ4v) is 10.3. The molecule has 12 rings (SSSR count). The van der Waals surface area contributed by atoms with Gasteiger partial charge in [0.05, 0.1) is 21.9 Å². The van der Waals surface area contributed by atoms with Gasteiger partial charge in [0.25, 0.3) is 0 Å². The summed E-state index contributed by atoms with van der Waals surface area (Å²) in [5.41, 5.74) is 14.0. The van der Waals surface area contributed by atoms with Crippen molar-refractivity contribution in [2.75, 3.05) is 4.90 Å². The highest BCUT2D eigenvalue weighted by Crippen LogP contribution is 2.51. The Bertz CT molecular complexity index is 3250. The number of para-hydroxylation sites is 1. The van der Waals surface area contributed by atoms with E-state index in [1.54, 1.807) is 6.39 Å². The molecule has 4 heterocycles. The smallest absolute Gasteiger partial charge is 0.182 e. The summed E-state index contributed by atoms with van der Waals surface area (Å²) in [5.74, 6) is 0. The van der Waals surface area contributed by atoms with Crippen LogP contribution in [-0.2, 0) is 5.41 Å². The lowest BCUT2D eigenvalue weighted by atomic mass is 9.82. The van der Waals surface area contributed by atoms with Crippen molar-refractivity contribution in [1.29, 1.82) is 0 Å². The maximum atomic E-state index is 6.01. The lowest BCUT2D eigenvalue weighted by molar-refractivity contribution is 0.605. The van der Waals surface area contributed by atoms with Crippen LogP contribution in [0.3, 0.4) is 0 Å². The molecule has 7 aromatic carbocycles. The zero-order chi connectivity index (χ0) is 33.6. The van der Waals surface area contributed by atoms with Crippen molar-refractivity contribution in [2.45, 2.75) is 19.3 Å². The highest BCUT2D eigenvalue weighted by atomic mass is 32.1. The third-order valence-electron chi connectivity index (χ3n) is 11.4. The Morgan fingerprint density at radius 1 is 0.588 bits per heavy atom. The van der Waals surface area contributed by atoms with Crippen molar-refractivity contribution < 1.29 is 4.42 Å². The summed E-state index contributed by atoms with van der Waals surface area (Å²) >= 11 is 1.86. The molecule has 0 atom stereocenters. The van der Waals surface area contributed by atoms with Gasteiger partial charge in [0.2, 0.25) is 0 Å². The van der Waals surface area contributed by atoms with Crippen molar-refractivity contribution in [3.63, 3.8) is 0 Å². The van der Waals surface area contributed by atoms with Gasteiger partial charge in [-0.3, -0.25) is 0 Å². The first-order valence-electron chi connectivity index (χ1n) is 17.4. The Morgan fingerprint density at radius 2 is 1.29 bits per heavy atom. The minimum Gasteiger partial charge on any atom is -0.443 e. The molecule has 0 N–H and O–H groups in total. The number of hydrogen-bond acceptors (Lipinski definition) is 4. The zero-order valence-electron chi connectivity index (χ0n) is 27.9. The van der Waals surface area contributed by atoms with Gasteiger partial charge in [-0.15, -0.1) is 11.3 Å². The van der Waals surface area contributed by atoms with E-state index in [0.29, 0.717) is 0 Å². The molecule has 0 radical (unpaired) electrons. The summed E-state index contributed by atoms with van der Waals surface area (Å²) in [6.07, 6.45) is 1.57. The minimum atomic E-state index is -0.107. The van der Waals surface area contributed by atoms with Crippen molar-refractivity contribution >= 4 is 97.8 Å². The van der Waals surface area contributed by atoms with Gasteiger partial charge >= 0.3 is 0 Å².